The van der Waals surface area contributed by atoms with E-state index < -0.39 is 18.4 Å². The van der Waals surface area contributed by atoms with Gasteiger partial charge in [-0.1, -0.05) is 12.1 Å². The number of hydrogen-bond donors (Lipinski definition) is 2. The first kappa shape index (κ1) is 17.6. The smallest absolute Gasteiger partial charge is 0.409 e. The second-order valence-corrected chi connectivity index (χ2v) is 4.16. The van der Waals surface area contributed by atoms with Crippen molar-refractivity contribution in [2.45, 2.75) is 26.9 Å². The molecule has 7 nitrogen and oxygen atoms in total. The number of rotatable bonds is 7. The monoisotopic (exact) mass is 310 g/mol. The van der Waals surface area contributed by atoms with Crippen LogP contribution in [-0.2, 0) is 9.47 Å². The van der Waals surface area contributed by atoms with Gasteiger partial charge in [-0.2, -0.15) is 0 Å². The molecule has 0 aromatic heterocycles. The molecule has 22 heavy (non-hydrogen) atoms. The molecule has 0 aliphatic carbocycles. The molecule has 2 amide bonds. The lowest BCUT2D eigenvalue weighted by atomic mass is 10.1. The fourth-order valence-corrected chi connectivity index (χ4v) is 1.71. The van der Waals surface area contributed by atoms with Gasteiger partial charge in [-0.05, 0) is 38.5 Å². The van der Waals surface area contributed by atoms with E-state index in [0.717, 1.165) is 0 Å². The summed E-state index contributed by atoms with van der Waals surface area (Å²) >= 11 is 0. The Morgan fingerprint density at radius 1 is 0.909 bits per heavy atom. The predicted octanol–water partition coefficient (Wildman–Crippen LogP) is 2.58. The molecule has 0 aliphatic rings. The number of amides is 2. The van der Waals surface area contributed by atoms with Crippen molar-refractivity contribution in [3.8, 4) is 5.75 Å². The molecular formula is C15H22N2O5. The molecule has 0 fully saturated rings. The van der Waals surface area contributed by atoms with Crippen LogP contribution in [-0.4, -0.2) is 32.0 Å². The Kier molecular flexibility index (Phi) is 7.60. The van der Waals surface area contributed by atoms with Crippen LogP contribution in [0.4, 0.5) is 9.59 Å². The molecule has 0 spiro atoms. The van der Waals surface area contributed by atoms with Gasteiger partial charge in [-0.3, -0.25) is 10.6 Å². The molecule has 0 radical (unpaired) electrons. The van der Waals surface area contributed by atoms with E-state index in [-0.39, 0.29) is 13.2 Å². The van der Waals surface area contributed by atoms with Crippen LogP contribution >= 0.6 is 0 Å². The minimum Gasteiger partial charge on any atom is -0.494 e. The number of nitrogens with one attached hydrogen (secondary N) is 2. The lowest BCUT2D eigenvalue weighted by Crippen LogP contribution is -2.41. The third kappa shape index (κ3) is 5.90. The van der Waals surface area contributed by atoms with Gasteiger partial charge in [-0.15, -0.1) is 0 Å². The summed E-state index contributed by atoms with van der Waals surface area (Å²) in [4.78, 5) is 23.2. The van der Waals surface area contributed by atoms with Gasteiger partial charge in [0.05, 0.1) is 19.8 Å². The zero-order chi connectivity index (χ0) is 16.4. The van der Waals surface area contributed by atoms with Crippen molar-refractivity contribution >= 4 is 12.2 Å². The molecule has 1 aromatic carbocycles. The Balaban J connectivity index is 2.82. The number of hydrogen-bond acceptors (Lipinski definition) is 5. The van der Waals surface area contributed by atoms with Gasteiger partial charge in [0.25, 0.3) is 0 Å². The van der Waals surface area contributed by atoms with Crippen LogP contribution in [0.5, 0.6) is 5.75 Å². The highest BCUT2D eigenvalue weighted by Crippen LogP contribution is 2.17. The van der Waals surface area contributed by atoms with Crippen molar-refractivity contribution in [2.24, 2.45) is 0 Å². The molecule has 7 heteroatoms. The lowest BCUT2D eigenvalue weighted by molar-refractivity contribution is 0.135. The largest absolute Gasteiger partial charge is 0.494 e. The third-order valence-corrected chi connectivity index (χ3v) is 2.60. The van der Waals surface area contributed by atoms with Crippen LogP contribution in [0.25, 0.3) is 0 Å². The normalized spacial score (nSPS) is 10.0. The van der Waals surface area contributed by atoms with E-state index in [1.807, 2.05) is 6.92 Å². The summed E-state index contributed by atoms with van der Waals surface area (Å²) in [6.45, 7) is 6.32. The van der Waals surface area contributed by atoms with Crippen molar-refractivity contribution in [3.05, 3.63) is 29.8 Å². The Morgan fingerprint density at radius 2 is 1.41 bits per heavy atom. The zero-order valence-electron chi connectivity index (χ0n) is 13.0. The predicted molar refractivity (Wildman–Crippen MR) is 80.7 cm³/mol. The molecule has 1 aromatic rings. The summed E-state index contributed by atoms with van der Waals surface area (Å²) in [6.07, 6.45) is -2.01. The SMILES string of the molecule is CCOC(=O)NC(NC(=O)OCC)c1ccc(OCC)cc1. The summed E-state index contributed by atoms with van der Waals surface area (Å²) in [5, 5.41) is 5.12. The highest BCUT2D eigenvalue weighted by atomic mass is 16.6. The molecular weight excluding hydrogens is 288 g/mol. The molecule has 0 saturated heterocycles. The molecule has 0 bridgehead atoms. The first-order chi connectivity index (χ1) is 10.6. The summed E-state index contributed by atoms with van der Waals surface area (Å²) in [5.74, 6) is 0.706. The van der Waals surface area contributed by atoms with Gasteiger partial charge in [-0.25, -0.2) is 9.59 Å². The summed E-state index contributed by atoms with van der Waals surface area (Å²) in [7, 11) is 0. The average molecular weight is 310 g/mol. The van der Waals surface area contributed by atoms with Crippen molar-refractivity contribution in [2.75, 3.05) is 19.8 Å². The quantitative estimate of drug-likeness (QED) is 0.756. The molecule has 0 heterocycles. The van der Waals surface area contributed by atoms with E-state index in [2.05, 4.69) is 10.6 Å². The molecule has 1 rings (SSSR count). The van der Waals surface area contributed by atoms with E-state index in [0.29, 0.717) is 17.9 Å². The highest BCUT2D eigenvalue weighted by Gasteiger charge is 2.18. The standard InChI is InChI=1S/C15H22N2O5/c1-4-20-12-9-7-11(8-10-12)13(16-14(18)21-5-2)17-15(19)22-6-3/h7-10,13H,4-6H2,1-3H3,(H,16,18)(H,17,19). The minimum atomic E-state index is -0.756. The van der Waals surface area contributed by atoms with Crippen LogP contribution in [0.2, 0.25) is 0 Å². The van der Waals surface area contributed by atoms with Crippen LogP contribution < -0.4 is 15.4 Å². The van der Waals surface area contributed by atoms with E-state index in [9.17, 15) is 9.59 Å². The zero-order valence-corrected chi connectivity index (χ0v) is 13.0. The maximum atomic E-state index is 11.6. The fourth-order valence-electron chi connectivity index (χ4n) is 1.71. The molecule has 0 saturated carbocycles. The first-order valence-corrected chi connectivity index (χ1v) is 7.20. The molecule has 0 unspecified atom stereocenters. The molecule has 122 valence electrons. The third-order valence-electron chi connectivity index (χ3n) is 2.60. The van der Waals surface area contributed by atoms with Gasteiger partial charge in [0.2, 0.25) is 0 Å². The number of alkyl carbamates (subject to hydrolysis) is 2. The Morgan fingerprint density at radius 3 is 1.82 bits per heavy atom. The Labute approximate surface area is 129 Å². The average Bonchev–Trinajstić information content (AvgIpc) is 2.48. The number of ether oxygens (including phenoxy) is 3. The van der Waals surface area contributed by atoms with E-state index in [4.69, 9.17) is 14.2 Å². The van der Waals surface area contributed by atoms with Gasteiger partial charge >= 0.3 is 12.2 Å². The fraction of sp³-hybridized carbons (Fsp3) is 0.467. The van der Waals surface area contributed by atoms with Crippen molar-refractivity contribution in [3.63, 3.8) is 0 Å². The van der Waals surface area contributed by atoms with Gasteiger partial charge in [0, 0.05) is 0 Å². The van der Waals surface area contributed by atoms with Gasteiger partial charge in [0.1, 0.15) is 11.9 Å². The van der Waals surface area contributed by atoms with E-state index in [1.54, 1.807) is 38.1 Å². The molecule has 2 N–H and O–H groups in total. The Bertz CT molecular complexity index is 455. The van der Waals surface area contributed by atoms with E-state index >= 15 is 0 Å². The van der Waals surface area contributed by atoms with Crippen LogP contribution in [0, 0.1) is 0 Å². The Hall–Kier alpha value is -2.44. The second kappa shape index (κ2) is 9.49. The van der Waals surface area contributed by atoms with Crippen LogP contribution in [0.3, 0.4) is 0 Å². The maximum absolute atomic E-state index is 11.6. The maximum Gasteiger partial charge on any atom is 0.409 e. The van der Waals surface area contributed by atoms with Crippen molar-refractivity contribution in [1.29, 1.82) is 0 Å². The van der Waals surface area contributed by atoms with Crippen molar-refractivity contribution in [1.82, 2.24) is 10.6 Å². The molecule has 0 aliphatic heterocycles. The summed E-state index contributed by atoms with van der Waals surface area (Å²) in [5.41, 5.74) is 0.671. The van der Waals surface area contributed by atoms with Crippen LogP contribution in [0.1, 0.15) is 32.5 Å². The van der Waals surface area contributed by atoms with Gasteiger partial charge < -0.3 is 14.2 Å². The number of carbonyl (C=O) groups is 2. The summed E-state index contributed by atoms with van der Waals surface area (Å²) < 4.78 is 15.0. The highest BCUT2D eigenvalue weighted by molar-refractivity contribution is 5.71. The minimum absolute atomic E-state index is 0.237. The first-order valence-electron chi connectivity index (χ1n) is 7.20. The lowest BCUT2D eigenvalue weighted by Gasteiger charge is -2.20. The van der Waals surface area contributed by atoms with Crippen molar-refractivity contribution < 1.29 is 23.8 Å². The van der Waals surface area contributed by atoms with Crippen LogP contribution in [0.15, 0.2) is 24.3 Å². The second-order valence-electron chi connectivity index (χ2n) is 4.16. The van der Waals surface area contributed by atoms with E-state index in [1.165, 1.54) is 0 Å². The number of carbonyl (C=O) groups excluding carboxylic acids is 2. The number of benzene rings is 1. The molecule has 0 atom stereocenters. The topological polar surface area (TPSA) is 85.9 Å². The summed E-state index contributed by atoms with van der Waals surface area (Å²) in [6, 6.07) is 7.00. The van der Waals surface area contributed by atoms with Gasteiger partial charge in [0.15, 0.2) is 0 Å².